The van der Waals surface area contributed by atoms with E-state index in [2.05, 4.69) is 10.3 Å². The molecule has 112 valence electrons. The van der Waals surface area contributed by atoms with Crippen LogP contribution in [-0.4, -0.2) is 21.7 Å². The van der Waals surface area contributed by atoms with E-state index in [4.69, 9.17) is 11.6 Å². The number of rotatable bonds is 2. The molecule has 3 rings (SSSR count). The van der Waals surface area contributed by atoms with E-state index in [1.54, 1.807) is 44.3 Å². The number of benzene rings is 2. The SMILES string of the molecule is CNc1nc(=O)n(-c2cccc(O)c2C)c2cc(Cl)ccc12. The normalized spacial score (nSPS) is 10.9. The summed E-state index contributed by atoms with van der Waals surface area (Å²) in [6.07, 6.45) is 0. The Balaban J connectivity index is 2.49. The van der Waals surface area contributed by atoms with Gasteiger partial charge in [0.15, 0.2) is 0 Å². The smallest absolute Gasteiger partial charge is 0.354 e. The minimum atomic E-state index is -0.437. The summed E-state index contributed by atoms with van der Waals surface area (Å²) >= 11 is 6.09. The lowest BCUT2D eigenvalue weighted by atomic mass is 10.1. The van der Waals surface area contributed by atoms with Gasteiger partial charge in [0, 0.05) is 23.0 Å². The molecule has 1 heterocycles. The van der Waals surface area contributed by atoms with Crippen molar-refractivity contribution in [2.24, 2.45) is 0 Å². The van der Waals surface area contributed by atoms with Gasteiger partial charge < -0.3 is 10.4 Å². The number of nitrogens with one attached hydrogen (secondary N) is 1. The van der Waals surface area contributed by atoms with Crippen LogP contribution in [-0.2, 0) is 0 Å². The molecule has 0 amide bonds. The fourth-order valence-corrected chi connectivity index (χ4v) is 2.64. The van der Waals surface area contributed by atoms with Gasteiger partial charge in [-0.05, 0) is 37.3 Å². The lowest BCUT2D eigenvalue weighted by Gasteiger charge is -2.15. The summed E-state index contributed by atoms with van der Waals surface area (Å²) in [4.78, 5) is 16.5. The largest absolute Gasteiger partial charge is 0.508 e. The predicted molar refractivity (Wildman–Crippen MR) is 88.3 cm³/mol. The number of fused-ring (bicyclic) bond motifs is 1. The van der Waals surface area contributed by atoms with Crippen molar-refractivity contribution in [3.05, 3.63) is 57.5 Å². The number of aromatic hydroxyl groups is 1. The first kappa shape index (κ1) is 14.4. The Morgan fingerprint density at radius 3 is 2.77 bits per heavy atom. The van der Waals surface area contributed by atoms with Gasteiger partial charge in [0.2, 0.25) is 0 Å². The third-order valence-corrected chi connectivity index (χ3v) is 3.84. The number of hydrogen-bond donors (Lipinski definition) is 2. The van der Waals surface area contributed by atoms with Gasteiger partial charge in [0.05, 0.1) is 11.2 Å². The van der Waals surface area contributed by atoms with E-state index >= 15 is 0 Å². The van der Waals surface area contributed by atoms with E-state index < -0.39 is 5.69 Å². The molecule has 5 nitrogen and oxygen atoms in total. The van der Waals surface area contributed by atoms with E-state index in [0.717, 1.165) is 5.39 Å². The maximum absolute atomic E-state index is 12.5. The summed E-state index contributed by atoms with van der Waals surface area (Å²) in [5.74, 6) is 0.614. The topological polar surface area (TPSA) is 67.2 Å². The van der Waals surface area contributed by atoms with E-state index in [1.165, 1.54) is 4.57 Å². The number of phenols is 1. The molecule has 0 atom stereocenters. The molecule has 0 aliphatic heterocycles. The molecule has 0 radical (unpaired) electrons. The van der Waals surface area contributed by atoms with Crippen molar-refractivity contribution in [2.45, 2.75) is 6.92 Å². The Kier molecular flexibility index (Phi) is 3.50. The summed E-state index contributed by atoms with van der Waals surface area (Å²) in [5.41, 5.74) is 1.37. The van der Waals surface area contributed by atoms with Crippen molar-refractivity contribution >= 4 is 28.3 Å². The van der Waals surface area contributed by atoms with Crippen LogP contribution in [0, 0.1) is 6.92 Å². The van der Waals surface area contributed by atoms with Gasteiger partial charge in [-0.25, -0.2) is 4.79 Å². The van der Waals surface area contributed by atoms with Crippen LogP contribution in [0.15, 0.2) is 41.2 Å². The summed E-state index contributed by atoms with van der Waals surface area (Å²) in [5, 5.41) is 14.1. The number of hydrogen-bond acceptors (Lipinski definition) is 4. The lowest BCUT2D eigenvalue weighted by molar-refractivity contribution is 0.470. The van der Waals surface area contributed by atoms with Crippen LogP contribution in [0.5, 0.6) is 5.75 Å². The summed E-state index contributed by atoms with van der Waals surface area (Å²) in [7, 11) is 1.71. The Hall–Kier alpha value is -2.53. The molecule has 2 aromatic carbocycles. The predicted octanol–water partition coefficient (Wildman–Crippen LogP) is 3.09. The zero-order valence-electron chi connectivity index (χ0n) is 12.1. The molecule has 0 saturated carbocycles. The number of anilines is 1. The minimum Gasteiger partial charge on any atom is -0.508 e. The Bertz CT molecular complexity index is 935. The summed E-state index contributed by atoms with van der Waals surface area (Å²) in [6, 6.07) is 10.3. The maximum Gasteiger partial charge on any atom is 0.354 e. The highest BCUT2D eigenvalue weighted by molar-refractivity contribution is 6.31. The standard InChI is InChI=1S/C16H14ClN3O2/c1-9-12(4-3-5-14(9)21)20-13-8-10(17)6-7-11(13)15(18-2)19-16(20)22/h3-8,21H,1-2H3,(H,18,19,22). The summed E-state index contributed by atoms with van der Waals surface area (Å²) in [6.45, 7) is 1.75. The van der Waals surface area contributed by atoms with Crippen molar-refractivity contribution in [3.63, 3.8) is 0 Å². The van der Waals surface area contributed by atoms with Gasteiger partial charge >= 0.3 is 5.69 Å². The molecule has 2 N–H and O–H groups in total. The molecule has 0 aliphatic carbocycles. The average Bonchev–Trinajstić information content (AvgIpc) is 2.50. The van der Waals surface area contributed by atoms with Crippen LogP contribution in [0.1, 0.15) is 5.56 Å². The van der Waals surface area contributed by atoms with Crippen LogP contribution in [0.4, 0.5) is 5.82 Å². The second kappa shape index (κ2) is 5.35. The molecule has 0 saturated heterocycles. The first-order chi connectivity index (χ1) is 10.5. The van der Waals surface area contributed by atoms with Crippen molar-refractivity contribution < 1.29 is 5.11 Å². The van der Waals surface area contributed by atoms with Crippen LogP contribution >= 0.6 is 11.6 Å². The molecule has 0 spiro atoms. The molecule has 6 heteroatoms. The highest BCUT2D eigenvalue weighted by Crippen LogP contribution is 2.28. The molecule has 22 heavy (non-hydrogen) atoms. The highest BCUT2D eigenvalue weighted by Gasteiger charge is 2.14. The lowest BCUT2D eigenvalue weighted by Crippen LogP contribution is -2.23. The van der Waals surface area contributed by atoms with Gasteiger partial charge in [-0.15, -0.1) is 0 Å². The third kappa shape index (κ3) is 2.19. The van der Waals surface area contributed by atoms with Gasteiger partial charge in [0.1, 0.15) is 11.6 Å². The molecular formula is C16H14ClN3O2. The van der Waals surface area contributed by atoms with Crippen LogP contribution in [0.3, 0.4) is 0 Å². The quantitative estimate of drug-likeness (QED) is 0.762. The third-order valence-electron chi connectivity index (χ3n) is 3.61. The Labute approximate surface area is 131 Å². The number of phenolic OH excluding ortho intramolecular Hbond substituents is 1. The van der Waals surface area contributed by atoms with Gasteiger partial charge in [-0.2, -0.15) is 4.98 Å². The van der Waals surface area contributed by atoms with E-state index in [9.17, 15) is 9.90 Å². The van der Waals surface area contributed by atoms with Crippen LogP contribution < -0.4 is 11.0 Å². The van der Waals surface area contributed by atoms with Gasteiger partial charge in [0.25, 0.3) is 0 Å². The van der Waals surface area contributed by atoms with Crippen molar-refractivity contribution in [1.29, 1.82) is 0 Å². The number of aromatic nitrogens is 2. The summed E-state index contributed by atoms with van der Waals surface area (Å²) < 4.78 is 1.46. The highest BCUT2D eigenvalue weighted by atomic mass is 35.5. The second-order valence-corrected chi connectivity index (χ2v) is 5.35. The fourth-order valence-electron chi connectivity index (χ4n) is 2.48. The molecule has 0 bridgehead atoms. The molecule has 0 unspecified atom stereocenters. The van der Waals surface area contributed by atoms with E-state index in [0.29, 0.717) is 27.6 Å². The second-order valence-electron chi connectivity index (χ2n) is 4.91. The molecule has 3 aromatic rings. The molecule has 0 aliphatic rings. The van der Waals surface area contributed by atoms with E-state index in [1.807, 2.05) is 6.07 Å². The fraction of sp³-hybridized carbons (Fsp3) is 0.125. The Morgan fingerprint density at radius 2 is 2.05 bits per heavy atom. The van der Waals surface area contributed by atoms with Crippen molar-refractivity contribution in [3.8, 4) is 11.4 Å². The zero-order valence-corrected chi connectivity index (χ0v) is 12.8. The Morgan fingerprint density at radius 1 is 1.27 bits per heavy atom. The maximum atomic E-state index is 12.5. The molecule has 0 fully saturated rings. The van der Waals surface area contributed by atoms with Gasteiger partial charge in [-0.1, -0.05) is 17.7 Å². The van der Waals surface area contributed by atoms with E-state index in [-0.39, 0.29) is 5.75 Å². The first-order valence-corrected chi connectivity index (χ1v) is 7.09. The molecular weight excluding hydrogens is 302 g/mol. The van der Waals surface area contributed by atoms with Crippen LogP contribution in [0.2, 0.25) is 5.02 Å². The van der Waals surface area contributed by atoms with Crippen LogP contribution in [0.25, 0.3) is 16.6 Å². The monoisotopic (exact) mass is 315 g/mol. The number of nitrogens with zero attached hydrogens (tertiary/aromatic N) is 2. The van der Waals surface area contributed by atoms with Crippen molar-refractivity contribution in [2.75, 3.05) is 12.4 Å². The zero-order chi connectivity index (χ0) is 15.9. The number of halogens is 1. The first-order valence-electron chi connectivity index (χ1n) is 6.72. The van der Waals surface area contributed by atoms with Gasteiger partial charge in [-0.3, -0.25) is 4.57 Å². The minimum absolute atomic E-state index is 0.122. The molecule has 1 aromatic heterocycles. The average molecular weight is 316 g/mol. The van der Waals surface area contributed by atoms with Crippen molar-refractivity contribution in [1.82, 2.24) is 9.55 Å².